The zero-order valence-corrected chi connectivity index (χ0v) is 18.7. The van der Waals surface area contributed by atoms with Crippen molar-refractivity contribution in [2.24, 2.45) is 4.99 Å². The molecule has 1 aromatic rings. The van der Waals surface area contributed by atoms with Crippen LogP contribution in [0.25, 0.3) is 0 Å². The maximum Gasteiger partial charge on any atom is 0.213 e. The molecule has 1 aliphatic rings. The van der Waals surface area contributed by atoms with E-state index in [0.717, 1.165) is 36.8 Å². The van der Waals surface area contributed by atoms with Gasteiger partial charge < -0.3 is 20.1 Å². The minimum atomic E-state index is -3.11. The van der Waals surface area contributed by atoms with Crippen LogP contribution in [0.4, 0.5) is 0 Å². The highest BCUT2D eigenvalue weighted by molar-refractivity contribution is 7.89. The predicted molar refractivity (Wildman–Crippen MR) is 116 cm³/mol. The normalized spacial score (nSPS) is 17.6. The van der Waals surface area contributed by atoms with Crippen molar-refractivity contribution < 1.29 is 17.9 Å². The van der Waals surface area contributed by atoms with Crippen molar-refractivity contribution >= 4 is 16.0 Å². The Morgan fingerprint density at radius 3 is 2.59 bits per heavy atom. The summed E-state index contributed by atoms with van der Waals surface area (Å²) in [5.41, 5.74) is 0. The van der Waals surface area contributed by atoms with Crippen LogP contribution in [0.1, 0.15) is 33.6 Å². The highest BCUT2D eigenvalue weighted by atomic mass is 32.2. The SMILES string of the molecule is CCNC(=NCC(C)Oc1cccc(OC)c1)NC1CCN(S(=O)(=O)CC)CC1. The first-order chi connectivity index (χ1) is 13.9. The van der Waals surface area contributed by atoms with Crippen LogP contribution >= 0.6 is 0 Å². The van der Waals surface area contributed by atoms with Crippen molar-refractivity contribution in [3.63, 3.8) is 0 Å². The Morgan fingerprint density at radius 1 is 1.28 bits per heavy atom. The molecule has 9 heteroatoms. The lowest BCUT2D eigenvalue weighted by atomic mass is 10.1. The number of sulfonamides is 1. The van der Waals surface area contributed by atoms with Gasteiger partial charge in [-0.05, 0) is 45.7 Å². The summed E-state index contributed by atoms with van der Waals surface area (Å²) < 4.78 is 36.7. The molecule has 0 bridgehead atoms. The number of rotatable bonds is 9. The Bertz CT molecular complexity index is 761. The fourth-order valence-electron chi connectivity index (χ4n) is 3.14. The molecule has 29 heavy (non-hydrogen) atoms. The molecule has 0 amide bonds. The van der Waals surface area contributed by atoms with Gasteiger partial charge in [-0.25, -0.2) is 17.7 Å². The number of nitrogens with one attached hydrogen (secondary N) is 2. The van der Waals surface area contributed by atoms with Gasteiger partial charge >= 0.3 is 0 Å². The van der Waals surface area contributed by atoms with Crippen LogP contribution in [0.5, 0.6) is 11.5 Å². The minimum absolute atomic E-state index is 0.103. The van der Waals surface area contributed by atoms with E-state index >= 15 is 0 Å². The van der Waals surface area contributed by atoms with Gasteiger partial charge in [-0.1, -0.05) is 6.07 Å². The minimum Gasteiger partial charge on any atom is -0.497 e. The molecule has 1 fully saturated rings. The largest absolute Gasteiger partial charge is 0.497 e. The molecule has 1 atom stereocenters. The van der Waals surface area contributed by atoms with Crippen molar-refractivity contribution in [2.75, 3.05) is 39.0 Å². The topological polar surface area (TPSA) is 92.3 Å². The lowest BCUT2D eigenvalue weighted by Gasteiger charge is -2.32. The molecule has 0 spiro atoms. The van der Waals surface area contributed by atoms with E-state index in [2.05, 4.69) is 15.6 Å². The number of hydrogen-bond donors (Lipinski definition) is 2. The van der Waals surface area contributed by atoms with Crippen molar-refractivity contribution in [3.8, 4) is 11.5 Å². The Kier molecular flexibility index (Phi) is 9.03. The second kappa shape index (κ2) is 11.3. The van der Waals surface area contributed by atoms with Crippen LogP contribution in [-0.4, -0.2) is 69.9 Å². The number of benzene rings is 1. The monoisotopic (exact) mass is 426 g/mol. The lowest BCUT2D eigenvalue weighted by Crippen LogP contribution is -2.50. The van der Waals surface area contributed by atoms with Gasteiger partial charge in [-0.15, -0.1) is 0 Å². The Balaban J connectivity index is 1.87. The van der Waals surface area contributed by atoms with E-state index in [0.29, 0.717) is 19.6 Å². The van der Waals surface area contributed by atoms with Gasteiger partial charge in [0.05, 0.1) is 19.4 Å². The average molecular weight is 427 g/mol. The Labute approximate surface area is 174 Å². The molecule has 0 saturated carbocycles. The summed E-state index contributed by atoms with van der Waals surface area (Å²) in [5, 5.41) is 6.68. The molecule has 1 saturated heterocycles. The quantitative estimate of drug-likeness (QED) is 0.462. The van der Waals surface area contributed by atoms with Gasteiger partial charge in [0.25, 0.3) is 0 Å². The highest BCUT2D eigenvalue weighted by Gasteiger charge is 2.27. The van der Waals surface area contributed by atoms with Crippen molar-refractivity contribution in [3.05, 3.63) is 24.3 Å². The molecule has 2 N–H and O–H groups in total. The molecular formula is C20H34N4O4S. The first-order valence-corrected chi connectivity index (χ1v) is 11.8. The number of piperidine rings is 1. The van der Waals surface area contributed by atoms with Gasteiger partial charge in [0.15, 0.2) is 5.96 Å². The van der Waals surface area contributed by atoms with Crippen molar-refractivity contribution in [1.82, 2.24) is 14.9 Å². The van der Waals surface area contributed by atoms with Gasteiger partial charge in [-0.2, -0.15) is 0 Å². The molecule has 0 aliphatic carbocycles. The lowest BCUT2D eigenvalue weighted by molar-refractivity contribution is 0.229. The third-order valence-corrected chi connectivity index (χ3v) is 6.66. The number of hydrogen-bond acceptors (Lipinski definition) is 5. The van der Waals surface area contributed by atoms with Crippen LogP contribution in [0, 0.1) is 0 Å². The molecule has 164 valence electrons. The van der Waals surface area contributed by atoms with Gasteiger partial charge in [-0.3, -0.25) is 0 Å². The van der Waals surface area contributed by atoms with E-state index in [1.54, 1.807) is 18.3 Å². The summed E-state index contributed by atoms with van der Waals surface area (Å²) in [6.07, 6.45) is 1.42. The number of nitrogens with zero attached hydrogens (tertiary/aromatic N) is 2. The molecule has 1 heterocycles. The smallest absolute Gasteiger partial charge is 0.213 e. The van der Waals surface area contributed by atoms with Crippen molar-refractivity contribution in [2.45, 2.75) is 45.8 Å². The maximum absolute atomic E-state index is 12.0. The van der Waals surface area contributed by atoms with Crippen LogP contribution in [0.15, 0.2) is 29.3 Å². The Morgan fingerprint density at radius 2 is 1.97 bits per heavy atom. The maximum atomic E-state index is 12.0. The molecule has 1 unspecified atom stereocenters. The van der Waals surface area contributed by atoms with Gasteiger partial charge in [0.1, 0.15) is 17.6 Å². The number of guanidine groups is 1. The zero-order valence-electron chi connectivity index (χ0n) is 17.8. The Hall–Kier alpha value is -2.00. The molecule has 2 rings (SSSR count). The molecule has 1 aromatic carbocycles. The predicted octanol–water partition coefficient (Wildman–Crippen LogP) is 1.83. The molecule has 0 aromatic heterocycles. The fourth-order valence-corrected chi connectivity index (χ4v) is 4.27. The average Bonchev–Trinajstić information content (AvgIpc) is 2.72. The number of aliphatic imine (C=N–C) groups is 1. The third kappa shape index (κ3) is 7.40. The molecule has 8 nitrogen and oxygen atoms in total. The van der Waals surface area contributed by atoms with Gasteiger partial charge in [0, 0.05) is 31.7 Å². The number of methoxy groups -OCH3 is 1. The van der Waals surface area contributed by atoms with E-state index in [1.165, 1.54) is 0 Å². The third-order valence-electron chi connectivity index (χ3n) is 4.78. The van der Waals surface area contributed by atoms with Crippen LogP contribution in [0.3, 0.4) is 0 Å². The first-order valence-electron chi connectivity index (χ1n) is 10.2. The standard InChI is InChI=1S/C20H34N4O4S/c1-5-21-20(23-17-10-12-24(13-11-17)29(25,26)6-2)22-15-16(3)28-19-9-7-8-18(14-19)27-4/h7-9,14,16-17H,5-6,10-13,15H2,1-4H3,(H2,21,22,23). The second-order valence-corrected chi connectivity index (χ2v) is 9.30. The number of ether oxygens (including phenoxy) is 2. The highest BCUT2D eigenvalue weighted by Crippen LogP contribution is 2.20. The first kappa shape index (κ1) is 23.3. The summed E-state index contributed by atoms with van der Waals surface area (Å²) in [6.45, 7) is 8.01. The van der Waals surface area contributed by atoms with Crippen LogP contribution in [-0.2, 0) is 10.0 Å². The second-order valence-electron chi connectivity index (χ2n) is 7.05. The van der Waals surface area contributed by atoms with Crippen LogP contribution in [0.2, 0.25) is 0 Å². The van der Waals surface area contributed by atoms with E-state index in [-0.39, 0.29) is 17.9 Å². The van der Waals surface area contributed by atoms with E-state index < -0.39 is 10.0 Å². The summed E-state index contributed by atoms with van der Waals surface area (Å²) in [5.74, 6) is 2.38. The zero-order chi connectivity index (χ0) is 21.3. The summed E-state index contributed by atoms with van der Waals surface area (Å²) in [7, 11) is -1.48. The molecule has 1 aliphatic heterocycles. The fraction of sp³-hybridized carbons (Fsp3) is 0.650. The molecule has 0 radical (unpaired) electrons. The van der Waals surface area contributed by atoms with E-state index in [9.17, 15) is 8.42 Å². The summed E-state index contributed by atoms with van der Waals surface area (Å²) >= 11 is 0. The molecular weight excluding hydrogens is 392 g/mol. The van der Waals surface area contributed by atoms with Gasteiger partial charge in [0.2, 0.25) is 10.0 Å². The summed E-state index contributed by atoms with van der Waals surface area (Å²) in [4.78, 5) is 4.64. The van der Waals surface area contributed by atoms with Crippen LogP contribution < -0.4 is 20.1 Å². The van der Waals surface area contributed by atoms with E-state index in [4.69, 9.17) is 9.47 Å². The summed E-state index contributed by atoms with van der Waals surface area (Å²) in [6, 6.07) is 7.71. The van der Waals surface area contributed by atoms with E-state index in [1.807, 2.05) is 38.1 Å². The van der Waals surface area contributed by atoms with Crippen molar-refractivity contribution in [1.29, 1.82) is 0 Å².